The van der Waals surface area contributed by atoms with Crippen LogP contribution in [0.2, 0.25) is 5.02 Å². The fraction of sp³-hybridized carbons (Fsp3) is 0.0625. The topological polar surface area (TPSA) is 92.9 Å². The number of aromatic nitrogens is 2. The highest BCUT2D eigenvalue weighted by molar-refractivity contribution is 7.17. The molecule has 2 aromatic heterocycles. The molecule has 0 saturated carbocycles. The molecule has 6 nitrogen and oxygen atoms in total. The molecule has 0 saturated heterocycles. The zero-order chi connectivity index (χ0) is 17.1. The Kier molecular flexibility index (Phi) is 4.64. The molecule has 0 spiro atoms. The molecule has 3 aromatic rings. The molecule has 4 N–H and O–H groups in total. The second-order valence-electron chi connectivity index (χ2n) is 4.98. The van der Waals surface area contributed by atoms with Crippen LogP contribution in [-0.2, 0) is 0 Å². The standard InChI is InChI=1S/C16H14ClN5OS/c1-9-4-2-5-10(17)13(9)22-15(23)12-8-20-16(24-12)21-11-6-3-7-19-14(11)18/h2-8H,1H3,(H2,18,19)(H,20,21)(H,22,23). The highest BCUT2D eigenvalue weighted by atomic mass is 35.5. The van der Waals surface area contributed by atoms with Crippen molar-refractivity contribution in [3.63, 3.8) is 0 Å². The summed E-state index contributed by atoms with van der Waals surface area (Å²) in [6.07, 6.45) is 3.11. The number of para-hydroxylation sites is 1. The highest BCUT2D eigenvalue weighted by Gasteiger charge is 2.14. The fourth-order valence-electron chi connectivity index (χ4n) is 2.04. The molecule has 0 aliphatic rings. The second kappa shape index (κ2) is 6.86. The van der Waals surface area contributed by atoms with Gasteiger partial charge in [-0.3, -0.25) is 4.79 Å². The molecule has 122 valence electrons. The summed E-state index contributed by atoms with van der Waals surface area (Å²) in [6.45, 7) is 1.88. The number of anilines is 4. The minimum atomic E-state index is -0.268. The zero-order valence-corrected chi connectivity index (χ0v) is 14.3. The van der Waals surface area contributed by atoms with Gasteiger partial charge in [-0.05, 0) is 30.7 Å². The first kappa shape index (κ1) is 16.2. The van der Waals surface area contributed by atoms with Gasteiger partial charge in [-0.15, -0.1) is 0 Å². The first-order valence-electron chi connectivity index (χ1n) is 7.04. The molecular formula is C16H14ClN5OS. The van der Waals surface area contributed by atoms with Crippen LogP contribution in [0.5, 0.6) is 0 Å². The van der Waals surface area contributed by atoms with Crippen molar-refractivity contribution >= 4 is 51.2 Å². The summed E-state index contributed by atoms with van der Waals surface area (Å²) < 4.78 is 0. The van der Waals surface area contributed by atoms with E-state index in [1.165, 1.54) is 17.5 Å². The number of carbonyl (C=O) groups excluding carboxylic acids is 1. The number of nitrogens with zero attached hydrogens (tertiary/aromatic N) is 2. The van der Waals surface area contributed by atoms with Crippen LogP contribution in [0.3, 0.4) is 0 Å². The molecule has 0 atom stereocenters. The van der Waals surface area contributed by atoms with E-state index in [9.17, 15) is 4.79 Å². The summed E-state index contributed by atoms with van der Waals surface area (Å²) in [5.74, 6) is 0.0984. The summed E-state index contributed by atoms with van der Waals surface area (Å²) >= 11 is 7.35. The number of nitrogen functional groups attached to an aromatic ring is 1. The van der Waals surface area contributed by atoms with E-state index in [1.807, 2.05) is 19.1 Å². The Balaban J connectivity index is 1.76. The zero-order valence-electron chi connectivity index (χ0n) is 12.7. The molecule has 1 amide bonds. The number of aryl methyl sites for hydroxylation is 1. The van der Waals surface area contributed by atoms with E-state index >= 15 is 0 Å². The van der Waals surface area contributed by atoms with E-state index in [2.05, 4.69) is 20.6 Å². The Labute approximate surface area is 147 Å². The van der Waals surface area contributed by atoms with Crippen LogP contribution in [0.15, 0.2) is 42.7 Å². The van der Waals surface area contributed by atoms with Crippen molar-refractivity contribution in [2.75, 3.05) is 16.4 Å². The van der Waals surface area contributed by atoms with Gasteiger partial charge in [0.1, 0.15) is 10.7 Å². The van der Waals surface area contributed by atoms with Crippen molar-refractivity contribution in [3.8, 4) is 0 Å². The van der Waals surface area contributed by atoms with Crippen molar-refractivity contribution in [3.05, 3.63) is 58.2 Å². The van der Waals surface area contributed by atoms with Crippen LogP contribution in [0.4, 0.5) is 22.3 Å². The van der Waals surface area contributed by atoms with Crippen LogP contribution in [0.1, 0.15) is 15.2 Å². The van der Waals surface area contributed by atoms with Gasteiger partial charge in [0.25, 0.3) is 5.91 Å². The van der Waals surface area contributed by atoms with Crippen molar-refractivity contribution < 1.29 is 4.79 Å². The van der Waals surface area contributed by atoms with Gasteiger partial charge in [-0.1, -0.05) is 35.1 Å². The lowest BCUT2D eigenvalue weighted by Gasteiger charge is -2.08. The van der Waals surface area contributed by atoms with Gasteiger partial charge >= 0.3 is 0 Å². The summed E-state index contributed by atoms with van der Waals surface area (Å²) in [4.78, 5) is 21.0. The van der Waals surface area contributed by atoms with Crippen LogP contribution < -0.4 is 16.4 Å². The molecule has 24 heavy (non-hydrogen) atoms. The third kappa shape index (κ3) is 3.47. The summed E-state index contributed by atoms with van der Waals surface area (Å²) in [6, 6.07) is 9.00. The molecule has 0 aliphatic carbocycles. The minimum Gasteiger partial charge on any atom is -0.382 e. The minimum absolute atomic E-state index is 0.268. The Morgan fingerprint density at radius 1 is 1.25 bits per heavy atom. The van der Waals surface area contributed by atoms with Crippen LogP contribution in [0, 0.1) is 6.92 Å². The molecule has 0 fully saturated rings. The molecule has 0 aliphatic heterocycles. The highest BCUT2D eigenvalue weighted by Crippen LogP contribution is 2.28. The van der Waals surface area contributed by atoms with Gasteiger partial charge in [0.15, 0.2) is 5.13 Å². The number of thiazole rings is 1. The SMILES string of the molecule is Cc1cccc(Cl)c1NC(=O)c1cnc(Nc2cccnc2N)s1. The number of amides is 1. The molecule has 1 aromatic carbocycles. The van der Waals surface area contributed by atoms with E-state index in [-0.39, 0.29) is 5.91 Å². The van der Waals surface area contributed by atoms with E-state index in [0.717, 1.165) is 5.56 Å². The van der Waals surface area contributed by atoms with E-state index in [4.69, 9.17) is 17.3 Å². The Morgan fingerprint density at radius 2 is 2.08 bits per heavy atom. The van der Waals surface area contributed by atoms with E-state index in [0.29, 0.717) is 32.2 Å². The van der Waals surface area contributed by atoms with Gasteiger partial charge in [0.05, 0.1) is 22.6 Å². The molecule has 0 radical (unpaired) electrons. The quantitative estimate of drug-likeness (QED) is 0.652. The Bertz CT molecular complexity index is 875. The van der Waals surface area contributed by atoms with Crippen molar-refractivity contribution in [2.24, 2.45) is 0 Å². The lowest BCUT2D eigenvalue weighted by Crippen LogP contribution is -2.11. The largest absolute Gasteiger partial charge is 0.382 e. The van der Waals surface area contributed by atoms with Gasteiger partial charge in [-0.2, -0.15) is 0 Å². The first-order valence-corrected chi connectivity index (χ1v) is 8.24. The molecule has 2 heterocycles. The van der Waals surface area contributed by atoms with Crippen molar-refractivity contribution in [1.82, 2.24) is 9.97 Å². The smallest absolute Gasteiger partial charge is 0.267 e. The maximum absolute atomic E-state index is 12.4. The Morgan fingerprint density at radius 3 is 2.83 bits per heavy atom. The normalized spacial score (nSPS) is 10.4. The summed E-state index contributed by atoms with van der Waals surface area (Å²) in [7, 11) is 0. The number of pyridine rings is 1. The second-order valence-corrected chi connectivity index (χ2v) is 6.41. The molecular weight excluding hydrogens is 346 g/mol. The number of rotatable bonds is 4. The third-order valence-electron chi connectivity index (χ3n) is 3.27. The number of carbonyl (C=O) groups is 1. The average Bonchev–Trinajstić information content (AvgIpc) is 3.02. The number of nitrogens with one attached hydrogen (secondary N) is 2. The Hall–Kier alpha value is -2.64. The first-order chi connectivity index (χ1) is 11.5. The van der Waals surface area contributed by atoms with Gasteiger partial charge in [0.2, 0.25) is 0 Å². The predicted octanol–water partition coefficient (Wildman–Crippen LogP) is 4.08. The monoisotopic (exact) mass is 359 g/mol. The van der Waals surface area contributed by atoms with Crippen molar-refractivity contribution in [2.45, 2.75) is 6.92 Å². The van der Waals surface area contributed by atoms with Gasteiger partial charge in [0, 0.05) is 6.20 Å². The summed E-state index contributed by atoms with van der Waals surface area (Å²) in [5, 5.41) is 6.91. The average molecular weight is 360 g/mol. The fourth-order valence-corrected chi connectivity index (χ4v) is 3.03. The van der Waals surface area contributed by atoms with Crippen LogP contribution >= 0.6 is 22.9 Å². The molecule has 3 rings (SSSR count). The van der Waals surface area contributed by atoms with Gasteiger partial charge in [-0.25, -0.2) is 9.97 Å². The maximum Gasteiger partial charge on any atom is 0.267 e. The van der Waals surface area contributed by atoms with Gasteiger partial charge < -0.3 is 16.4 Å². The predicted molar refractivity (Wildman–Crippen MR) is 98.2 cm³/mol. The number of hydrogen-bond acceptors (Lipinski definition) is 6. The van der Waals surface area contributed by atoms with E-state index in [1.54, 1.807) is 24.4 Å². The molecule has 0 unspecified atom stereocenters. The lowest BCUT2D eigenvalue weighted by atomic mass is 10.2. The molecule has 0 bridgehead atoms. The lowest BCUT2D eigenvalue weighted by molar-refractivity contribution is 0.103. The number of hydrogen-bond donors (Lipinski definition) is 3. The molecule has 8 heteroatoms. The summed E-state index contributed by atoms with van der Waals surface area (Å²) in [5.41, 5.74) is 7.91. The maximum atomic E-state index is 12.4. The van der Waals surface area contributed by atoms with Crippen molar-refractivity contribution in [1.29, 1.82) is 0 Å². The number of halogens is 1. The number of nitrogens with two attached hydrogens (primary N) is 1. The number of benzene rings is 1. The third-order valence-corrected chi connectivity index (χ3v) is 4.50. The van der Waals surface area contributed by atoms with Crippen LogP contribution in [-0.4, -0.2) is 15.9 Å². The van der Waals surface area contributed by atoms with Crippen LogP contribution in [0.25, 0.3) is 0 Å². The van der Waals surface area contributed by atoms with E-state index < -0.39 is 0 Å².